The summed E-state index contributed by atoms with van der Waals surface area (Å²) in [6.45, 7) is 1.69. The van der Waals surface area contributed by atoms with Gasteiger partial charge in [-0.25, -0.2) is 4.79 Å². The Kier molecular flexibility index (Phi) is 4.52. The van der Waals surface area contributed by atoms with Crippen LogP contribution in [-0.2, 0) is 9.59 Å². The van der Waals surface area contributed by atoms with Gasteiger partial charge in [-0.3, -0.25) is 4.79 Å². The molecule has 4 heteroatoms. The summed E-state index contributed by atoms with van der Waals surface area (Å²) in [6.07, 6.45) is 5.07. The number of aliphatic hydroxyl groups is 1. The van der Waals surface area contributed by atoms with Crippen LogP contribution in [0.3, 0.4) is 0 Å². The number of carbonyl (C=O) groups is 2. The van der Waals surface area contributed by atoms with Gasteiger partial charge in [0.1, 0.15) is 0 Å². The van der Waals surface area contributed by atoms with Crippen LogP contribution in [0.5, 0.6) is 0 Å². The Labute approximate surface area is 95.0 Å². The fourth-order valence-corrected chi connectivity index (χ4v) is 2.20. The van der Waals surface area contributed by atoms with Crippen LogP contribution < -0.4 is 0 Å². The zero-order valence-electron chi connectivity index (χ0n) is 9.53. The van der Waals surface area contributed by atoms with Crippen LogP contribution in [0, 0.1) is 5.92 Å². The molecule has 16 heavy (non-hydrogen) atoms. The van der Waals surface area contributed by atoms with E-state index in [1.165, 1.54) is 0 Å². The van der Waals surface area contributed by atoms with Gasteiger partial charge < -0.3 is 10.2 Å². The van der Waals surface area contributed by atoms with E-state index in [2.05, 4.69) is 0 Å². The normalized spacial score (nSPS) is 19.1. The van der Waals surface area contributed by atoms with Crippen molar-refractivity contribution in [2.24, 2.45) is 5.92 Å². The average Bonchev–Trinajstić information content (AvgIpc) is 2.30. The molecule has 0 radical (unpaired) electrons. The lowest BCUT2D eigenvalue weighted by molar-refractivity contribution is -0.136. The van der Waals surface area contributed by atoms with Gasteiger partial charge in [-0.2, -0.15) is 0 Å². The van der Waals surface area contributed by atoms with Crippen LogP contribution in [0.25, 0.3) is 0 Å². The third kappa shape index (κ3) is 2.84. The summed E-state index contributed by atoms with van der Waals surface area (Å²) in [5, 5.41) is 18.0. The second-order valence-electron chi connectivity index (χ2n) is 4.19. The molecule has 1 saturated carbocycles. The highest BCUT2D eigenvalue weighted by molar-refractivity contribution is 6.03. The number of aliphatic carboxylic acids is 1. The van der Waals surface area contributed by atoms with Crippen LogP contribution in [0.15, 0.2) is 11.3 Å². The van der Waals surface area contributed by atoms with E-state index in [4.69, 9.17) is 5.11 Å². The molecule has 0 aromatic carbocycles. The summed E-state index contributed by atoms with van der Waals surface area (Å²) < 4.78 is 0. The molecule has 1 fully saturated rings. The van der Waals surface area contributed by atoms with Gasteiger partial charge in [-0.05, 0) is 19.3 Å². The monoisotopic (exact) mass is 226 g/mol. The van der Waals surface area contributed by atoms with Crippen LogP contribution in [-0.4, -0.2) is 22.0 Å². The molecule has 1 rings (SSSR count). The quantitative estimate of drug-likeness (QED) is 0.570. The Balaban J connectivity index is 2.84. The first-order valence-electron chi connectivity index (χ1n) is 5.77. The molecule has 0 aromatic heterocycles. The van der Waals surface area contributed by atoms with E-state index in [0.29, 0.717) is 0 Å². The predicted molar refractivity (Wildman–Crippen MR) is 59.2 cm³/mol. The summed E-state index contributed by atoms with van der Waals surface area (Å²) in [7, 11) is 0. The van der Waals surface area contributed by atoms with Gasteiger partial charge in [0.05, 0.1) is 0 Å². The van der Waals surface area contributed by atoms with E-state index < -0.39 is 11.7 Å². The Bertz CT molecular complexity index is 311. The number of Topliss-reactive ketones (excluding diaryl/α,β-unsaturated/α-hetero) is 1. The van der Waals surface area contributed by atoms with Crippen LogP contribution in [0.4, 0.5) is 0 Å². The zero-order valence-corrected chi connectivity index (χ0v) is 9.53. The van der Waals surface area contributed by atoms with Crippen molar-refractivity contribution in [3.05, 3.63) is 11.3 Å². The molecule has 0 saturated heterocycles. The molecular formula is C12H18O4. The van der Waals surface area contributed by atoms with Gasteiger partial charge in [0.15, 0.2) is 5.78 Å². The van der Waals surface area contributed by atoms with E-state index in [-0.39, 0.29) is 23.7 Å². The number of carboxylic acids is 1. The first kappa shape index (κ1) is 12.7. The van der Waals surface area contributed by atoms with E-state index in [9.17, 15) is 14.7 Å². The fraction of sp³-hybridized carbons (Fsp3) is 0.667. The number of carboxylic acid groups (broad SMARTS) is 1. The maximum atomic E-state index is 12.0. The second kappa shape index (κ2) is 5.68. The van der Waals surface area contributed by atoms with Crippen molar-refractivity contribution >= 4 is 11.8 Å². The molecule has 0 spiro atoms. The number of hydrogen-bond acceptors (Lipinski definition) is 3. The van der Waals surface area contributed by atoms with Crippen molar-refractivity contribution in [2.45, 2.75) is 45.4 Å². The average molecular weight is 226 g/mol. The highest BCUT2D eigenvalue weighted by Gasteiger charge is 2.27. The van der Waals surface area contributed by atoms with Gasteiger partial charge >= 0.3 is 5.97 Å². The third-order valence-electron chi connectivity index (χ3n) is 3.12. The van der Waals surface area contributed by atoms with E-state index >= 15 is 0 Å². The topological polar surface area (TPSA) is 74.6 Å². The zero-order chi connectivity index (χ0) is 12.1. The van der Waals surface area contributed by atoms with Crippen molar-refractivity contribution in [3.63, 3.8) is 0 Å². The predicted octanol–water partition coefficient (Wildman–Crippen LogP) is 2.44. The Morgan fingerprint density at radius 3 is 2.12 bits per heavy atom. The van der Waals surface area contributed by atoms with Crippen LogP contribution in [0.1, 0.15) is 45.4 Å². The number of hydrogen-bond donors (Lipinski definition) is 2. The molecule has 1 aliphatic rings. The van der Waals surface area contributed by atoms with Crippen molar-refractivity contribution in [1.29, 1.82) is 0 Å². The number of ketones is 1. The summed E-state index contributed by atoms with van der Waals surface area (Å²) in [4.78, 5) is 22.6. The number of allylic oxidation sites excluding steroid dienone is 1. The number of rotatable bonds is 4. The van der Waals surface area contributed by atoms with Gasteiger partial charge in [0, 0.05) is 11.5 Å². The van der Waals surface area contributed by atoms with Crippen molar-refractivity contribution in [3.8, 4) is 0 Å². The van der Waals surface area contributed by atoms with Crippen LogP contribution in [0.2, 0.25) is 0 Å². The lowest BCUT2D eigenvalue weighted by Crippen LogP contribution is -2.22. The molecule has 0 aromatic rings. The standard InChI is InChI=1S/C12H18O4/c1-2-9(11(14)12(15)16)10(13)8-6-4-3-5-7-8/h8,14H,2-7H2,1H3,(H,15,16). The molecule has 2 N–H and O–H groups in total. The number of aliphatic hydroxyl groups excluding tert-OH is 1. The summed E-state index contributed by atoms with van der Waals surface area (Å²) in [6, 6.07) is 0. The third-order valence-corrected chi connectivity index (χ3v) is 3.12. The summed E-state index contributed by atoms with van der Waals surface area (Å²) in [5.74, 6) is -2.47. The fourth-order valence-electron chi connectivity index (χ4n) is 2.20. The molecule has 0 bridgehead atoms. The van der Waals surface area contributed by atoms with E-state index in [1.807, 2.05) is 0 Å². The minimum atomic E-state index is -1.42. The van der Waals surface area contributed by atoms with Crippen LogP contribution >= 0.6 is 0 Å². The second-order valence-corrected chi connectivity index (χ2v) is 4.19. The largest absolute Gasteiger partial charge is 0.502 e. The molecular weight excluding hydrogens is 208 g/mol. The van der Waals surface area contributed by atoms with Gasteiger partial charge in [0.2, 0.25) is 5.76 Å². The molecule has 4 nitrogen and oxygen atoms in total. The number of carbonyl (C=O) groups excluding carboxylic acids is 1. The lowest BCUT2D eigenvalue weighted by atomic mass is 9.83. The van der Waals surface area contributed by atoms with Crippen molar-refractivity contribution in [1.82, 2.24) is 0 Å². The maximum Gasteiger partial charge on any atom is 0.371 e. The Morgan fingerprint density at radius 2 is 1.69 bits per heavy atom. The first-order valence-corrected chi connectivity index (χ1v) is 5.77. The Morgan fingerprint density at radius 1 is 1.12 bits per heavy atom. The van der Waals surface area contributed by atoms with Gasteiger partial charge in [-0.15, -0.1) is 0 Å². The molecule has 0 amide bonds. The minimum absolute atomic E-state index is 0.0689. The van der Waals surface area contributed by atoms with E-state index in [1.54, 1.807) is 6.92 Å². The molecule has 0 atom stereocenters. The van der Waals surface area contributed by atoms with Gasteiger partial charge in [-0.1, -0.05) is 26.2 Å². The Hall–Kier alpha value is -1.32. The van der Waals surface area contributed by atoms with Gasteiger partial charge in [0.25, 0.3) is 0 Å². The first-order chi connectivity index (χ1) is 7.57. The molecule has 0 unspecified atom stereocenters. The summed E-state index contributed by atoms with van der Waals surface area (Å²) >= 11 is 0. The van der Waals surface area contributed by atoms with Crippen molar-refractivity contribution in [2.75, 3.05) is 0 Å². The minimum Gasteiger partial charge on any atom is -0.502 e. The SMILES string of the molecule is CCC(C(=O)C1CCCCC1)=C(O)C(=O)O. The molecule has 90 valence electrons. The highest BCUT2D eigenvalue weighted by atomic mass is 16.4. The molecule has 0 heterocycles. The molecule has 0 aliphatic heterocycles. The molecule has 1 aliphatic carbocycles. The lowest BCUT2D eigenvalue weighted by Gasteiger charge is -2.21. The summed E-state index contributed by atoms with van der Waals surface area (Å²) in [5.41, 5.74) is 0.0689. The highest BCUT2D eigenvalue weighted by Crippen LogP contribution is 2.28. The maximum absolute atomic E-state index is 12.0. The smallest absolute Gasteiger partial charge is 0.371 e. The van der Waals surface area contributed by atoms with E-state index in [0.717, 1.165) is 32.1 Å². The van der Waals surface area contributed by atoms with Crippen molar-refractivity contribution < 1.29 is 19.8 Å².